The normalized spacial score (nSPS) is 22.5. The van der Waals surface area contributed by atoms with Crippen LogP contribution in [-0.2, 0) is 4.74 Å². The van der Waals surface area contributed by atoms with Crippen LogP contribution in [0.2, 0.25) is 5.02 Å². The summed E-state index contributed by atoms with van der Waals surface area (Å²) >= 11 is 5.79. The van der Waals surface area contributed by atoms with E-state index >= 15 is 0 Å². The van der Waals surface area contributed by atoms with Crippen molar-refractivity contribution in [2.45, 2.75) is 31.5 Å². The van der Waals surface area contributed by atoms with E-state index in [1.807, 2.05) is 0 Å². The summed E-state index contributed by atoms with van der Waals surface area (Å²) in [5, 5.41) is 10.1. The summed E-state index contributed by atoms with van der Waals surface area (Å²) in [4.78, 5) is 0. The Morgan fingerprint density at radius 2 is 2.00 bits per heavy atom. The van der Waals surface area contributed by atoms with Gasteiger partial charge in [0.2, 0.25) is 0 Å². The zero-order valence-corrected chi connectivity index (χ0v) is 9.88. The van der Waals surface area contributed by atoms with E-state index < -0.39 is 23.8 Å². The summed E-state index contributed by atoms with van der Waals surface area (Å²) in [6.45, 7) is 0.572. The van der Waals surface area contributed by atoms with Crippen LogP contribution in [0.3, 0.4) is 0 Å². The number of halogens is 3. The first-order valence-electron chi connectivity index (χ1n) is 5.53. The molecule has 2 rings (SSSR count). The van der Waals surface area contributed by atoms with Crippen LogP contribution in [0.25, 0.3) is 0 Å². The van der Waals surface area contributed by atoms with E-state index in [4.69, 9.17) is 16.3 Å². The van der Waals surface area contributed by atoms with E-state index in [0.717, 1.165) is 25.0 Å². The molecule has 0 amide bonds. The molecule has 2 nitrogen and oxygen atoms in total. The first kappa shape index (κ1) is 12.7. The zero-order valence-electron chi connectivity index (χ0n) is 9.13. The Hall–Kier alpha value is -0.710. The van der Waals surface area contributed by atoms with Gasteiger partial charge in [0.1, 0.15) is 6.10 Å². The Kier molecular flexibility index (Phi) is 3.97. The lowest BCUT2D eigenvalue weighted by atomic mass is 9.98. The summed E-state index contributed by atoms with van der Waals surface area (Å²) in [6, 6.07) is 1.80. The predicted octanol–water partition coefficient (Wildman–Crippen LogP) is 3.22. The highest BCUT2D eigenvalue weighted by Crippen LogP contribution is 2.32. The Morgan fingerprint density at radius 1 is 1.29 bits per heavy atom. The van der Waals surface area contributed by atoms with E-state index in [2.05, 4.69) is 0 Å². The van der Waals surface area contributed by atoms with Gasteiger partial charge >= 0.3 is 0 Å². The largest absolute Gasteiger partial charge is 0.386 e. The number of rotatable bonds is 2. The molecule has 1 heterocycles. The van der Waals surface area contributed by atoms with E-state index in [0.29, 0.717) is 13.0 Å². The van der Waals surface area contributed by atoms with Crippen molar-refractivity contribution in [3.8, 4) is 0 Å². The molecule has 0 aliphatic carbocycles. The molecule has 0 aromatic heterocycles. The quantitative estimate of drug-likeness (QED) is 0.830. The topological polar surface area (TPSA) is 29.5 Å². The monoisotopic (exact) mass is 262 g/mol. The number of aliphatic hydroxyl groups is 1. The lowest BCUT2D eigenvalue weighted by Crippen LogP contribution is -2.26. The first-order valence-corrected chi connectivity index (χ1v) is 5.91. The van der Waals surface area contributed by atoms with Crippen molar-refractivity contribution >= 4 is 11.6 Å². The minimum absolute atomic E-state index is 0.0190. The zero-order chi connectivity index (χ0) is 12.4. The van der Waals surface area contributed by atoms with Gasteiger partial charge in [-0.25, -0.2) is 8.78 Å². The highest BCUT2D eigenvalue weighted by molar-refractivity contribution is 6.31. The third kappa shape index (κ3) is 2.76. The van der Waals surface area contributed by atoms with E-state index in [1.54, 1.807) is 0 Å². The third-order valence-corrected chi connectivity index (χ3v) is 3.25. The van der Waals surface area contributed by atoms with Gasteiger partial charge in [0.05, 0.1) is 6.10 Å². The van der Waals surface area contributed by atoms with Crippen molar-refractivity contribution in [2.24, 2.45) is 0 Å². The molecule has 5 heteroatoms. The molecule has 0 spiro atoms. The van der Waals surface area contributed by atoms with Gasteiger partial charge in [-0.05, 0) is 31.4 Å². The van der Waals surface area contributed by atoms with Crippen LogP contribution < -0.4 is 0 Å². The van der Waals surface area contributed by atoms with Crippen molar-refractivity contribution in [2.75, 3.05) is 6.61 Å². The molecule has 1 aliphatic rings. The van der Waals surface area contributed by atoms with Gasteiger partial charge in [0.15, 0.2) is 11.6 Å². The van der Waals surface area contributed by atoms with Crippen molar-refractivity contribution in [3.63, 3.8) is 0 Å². The van der Waals surface area contributed by atoms with Gasteiger partial charge in [0, 0.05) is 17.2 Å². The maximum Gasteiger partial charge on any atom is 0.160 e. The second kappa shape index (κ2) is 5.29. The van der Waals surface area contributed by atoms with E-state index in [-0.39, 0.29) is 10.6 Å². The average molecular weight is 263 g/mol. The minimum atomic E-state index is -1.02. The first-order chi connectivity index (χ1) is 8.09. The van der Waals surface area contributed by atoms with Crippen LogP contribution in [0, 0.1) is 11.6 Å². The molecular formula is C12H13ClF2O2. The fourth-order valence-corrected chi connectivity index (χ4v) is 2.24. The molecule has 94 valence electrons. The molecule has 17 heavy (non-hydrogen) atoms. The summed E-state index contributed by atoms with van der Waals surface area (Å²) in [5.74, 6) is -2.03. The standard InChI is InChI=1S/C12H13ClF2O2/c13-8-6-10(15)9(14)5-7(8)12(16)11-3-1-2-4-17-11/h5-6,11-12,16H,1-4H2. The molecule has 1 N–H and O–H groups in total. The predicted molar refractivity (Wildman–Crippen MR) is 59.9 cm³/mol. The second-order valence-corrected chi connectivity index (χ2v) is 4.54. The van der Waals surface area contributed by atoms with Crippen LogP contribution in [-0.4, -0.2) is 17.8 Å². The molecule has 2 unspecified atom stereocenters. The Morgan fingerprint density at radius 3 is 2.65 bits per heavy atom. The fraction of sp³-hybridized carbons (Fsp3) is 0.500. The van der Waals surface area contributed by atoms with Crippen LogP contribution in [0.4, 0.5) is 8.78 Å². The van der Waals surface area contributed by atoms with Crippen LogP contribution in [0.1, 0.15) is 30.9 Å². The number of benzene rings is 1. The summed E-state index contributed by atoms with van der Waals surface area (Å²) in [7, 11) is 0. The van der Waals surface area contributed by atoms with Gasteiger partial charge < -0.3 is 9.84 Å². The maximum atomic E-state index is 13.1. The maximum absolute atomic E-state index is 13.1. The molecule has 1 saturated heterocycles. The summed E-state index contributed by atoms with van der Waals surface area (Å²) < 4.78 is 31.4. The lowest BCUT2D eigenvalue weighted by Gasteiger charge is -2.27. The highest BCUT2D eigenvalue weighted by atomic mass is 35.5. The molecule has 0 saturated carbocycles. The van der Waals surface area contributed by atoms with Crippen molar-refractivity contribution in [3.05, 3.63) is 34.4 Å². The summed E-state index contributed by atoms with van der Waals surface area (Å²) in [5.41, 5.74) is 0.178. The molecule has 1 aliphatic heterocycles. The van der Waals surface area contributed by atoms with Crippen LogP contribution in [0.15, 0.2) is 12.1 Å². The molecule has 1 aromatic rings. The number of aliphatic hydroxyl groups excluding tert-OH is 1. The third-order valence-electron chi connectivity index (χ3n) is 2.93. The Bertz CT molecular complexity index is 406. The Balaban J connectivity index is 2.23. The number of ether oxygens (including phenoxy) is 1. The van der Waals surface area contributed by atoms with E-state index in [1.165, 1.54) is 0 Å². The Labute approximate surface area is 103 Å². The molecule has 2 atom stereocenters. The van der Waals surface area contributed by atoms with Gasteiger partial charge in [-0.3, -0.25) is 0 Å². The van der Waals surface area contributed by atoms with Crippen molar-refractivity contribution < 1.29 is 18.6 Å². The van der Waals surface area contributed by atoms with Crippen molar-refractivity contribution in [1.29, 1.82) is 0 Å². The van der Waals surface area contributed by atoms with Gasteiger partial charge in [0.25, 0.3) is 0 Å². The lowest BCUT2D eigenvalue weighted by molar-refractivity contribution is -0.0634. The van der Waals surface area contributed by atoms with Gasteiger partial charge in [-0.15, -0.1) is 0 Å². The number of hydrogen-bond donors (Lipinski definition) is 1. The molecule has 0 bridgehead atoms. The summed E-state index contributed by atoms with van der Waals surface area (Å²) in [6.07, 6.45) is 1.18. The average Bonchev–Trinajstić information content (AvgIpc) is 2.34. The highest BCUT2D eigenvalue weighted by Gasteiger charge is 2.26. The van der Waals surface area contributed by atoms with E-state index in [9.17, 15) is 13.9 Å². The van der Waals surface area contributed by atoms with Crippen LogP contribution >= 0.6 is 11.6 Å². The van der Waals surface area contributed by atoms with Gasteiger partial charge in [-0.1, -0.05) is 11.6 Å². The minimum Gasteiger partial charge on any atom is -0.386 e. The molecule has 1 fully saturated rings. The van der Waals surface area contributed by atoms with Crippen molar-refractivity contribution in [1.82, 2.24) is 0 Å². The molecular weight excluding hydrogens is 250 g/mol. The SMILES string of the molecule is OC(c1cc(F)c(F)cc1Cl)C1CCCCO1. The fourth-order valence-electron chi connectivity index (χ4n) is 1.98. The second-order valence-electron chi connectivity index (χ2n) is 4.14. The van der Waals surface area contributed by atoms with Gasteiger partial charge in [-0.2, -0.15) is 0 Å². The smallest absolute Gasteiger partial charge is 0.160 e. The van der Waals surface area contributed by atoms with Crippen LogP contribution in [0.5, 0.6) is 0 Å². The molecule has 0 radical (unpaired) electrons. The number of hydrogen-bond acceptors (Lipinski definition) is 2. The molecule has 1 aromatic carbocycles.